The fourth-order valence-electron chi connectivity index (χ4n) is 2.30. The summed E-state index contributed by atoms with van der Waals surface area (Å²) in [6, 6.07) is 9.91. The Bertz CT molecular complexity index is 472. The predicted molar refractivity (Wildman–Crippen MR) is 70.7 cm³/mol. The summed E-state index contributed by atoms with van der Waals surface area (Å²) >= 11 is 0. The van der Waals surface area contributed by atoms with Crippen LogP contribution in [0.3, 0.4) is 0 Å². The second-order valence-corrected chi connectivity index (χ2v) is 6.61. The summed E-state index contributed by atoms with van der Waals surface area (Å²) in [4.78, 5) is 0. The van der Waals surface area contributed by atoms with E-state index in [0.717, 1.165) is 18.4 Å². The lowest BCUT2D eigenvalue weighted by Crippen LogP contribution is -2.37. The molecule has 0 bridgehead atoms. The lowest BCUT2D eigenvalue weighted by atomic mass is 10.2. The third kappa shape index (κ3) is 3.54. The lowest BCUT2D eigenvalue weighted by Gasteiger charge is -2.21. The Morgan fingerprint density at radius 2 is 2.06 bits per heavy atom. The van der Waals surface area contributed by atoms with Crippen LogP contribution < -0.4 is 0 Å². The second kappa shape index (κ2) is 5.82. The first-order valence-corrected chi connectivity index (χ1v) is 8.00. The molecule has 100 valence electrons. The van der Waals surface area contributed by atoms with E-state index in [9.17, 15) is 8.42 Å². The van der Waals surface area contributed by atoms with E-state index in [-0.39, 0.29) is 6.04 Å². The van der Waals surface area contributed by atoms with Crippen LogP contribution in [0.4, 0.5) is 0 Å². The Hall–Kier alpha value is -0.910. The molecule has 1 aliphatic heterocycles. The zero-order valence-electron chi connectivity index (χ0n) is 10.6. The average Bonchev–Trinajstić information content (AvgIpc) is 2.78. The standard InChI is InChI=1S/C13H19NO3S/c1-18(15,16)14-9-5-8-13(14)11-17-10-12-6-3-2-4-7-12/h2-4,6-7,13H,5,8-11H2,1H3/t13-/m0/s1. The first-order chi connectivity index (χ1) is 8.57. The zero-order valence-corrected chi connectivity index (χ0v) is 11.4. The Labute approximate surface area is 109 Å². The molecule has 0 aliphatic carbocycles. The maximum absolute atomic E-state index is 11.5. The first-order valence-electron chi connectivity index (χ1n) is 6.16. The summed E-state index contributed by atoms with van der Waals surface area (Å²) < 4.78 is 30.3. The predicted octanol–water partition coefficient (Wildman–Crippen LogP) is 1.63. The highest BCUT2D eigenvalue weighted by Crippen LogP contribution is 2.20. The van der Waals surface area contributed by atoms with Gasteiger partial charge in [-0.15, -0.1) is 0 Å². The number of rotatable bonds is 5. The molecule has 1 fully saturated rings. The van der Waals surface area contributed by atoms with Gasteiger partial charge in [-0.25, -0.2) is 8.42 Å². The maximum atomic E-state index is 11.5. The lowest BCUT2D eigenvalue weighted by molar-refractivity contribution is 0.0874. The van der Waals surface area contributed by atoms with Crippen molar-refractivity contribution in [1.29, 1.82) is 0 Å². The van der Waals surface area contributed by atoms with Gasteiger partial charge in [0.05, 0.1) is 19.5 Å². The SMILES string of the molecule is CS(=O)(=O)N1CCC[C@H]1COCc1ccccc1. The van der Waals surface area contributed by atoms with Crippen LogP contribution in [0.5, 0.6) is 0 Å². The topological polar surface area (TPSA) is 46.6 Å². The minimum Gasteiger partial charge on any atom is -0.375 e. The zero-order chi connectivity index (χ0) is 13.0. The molecular weight excluding hydrogens is 250 g/mol. The number of sulfonamides is 1. The van der Waals surface area contributed by atoms with Crippen LogP contribution in [0.15, 0.2) is 30.3 Å². The molecule has 1 heterocycles. The Kier molecular flexibility index (Phi) is 4.37. The summed E-state index contributed by atoms with van der Waals surface area (Å²) in [7, 11) is -3.09. The summed E-state index contributed by atoms with van der Waals surface area (Å²) in [5.41, 5.74) is 1.11. The van der Waals surface area contributed by atoms with Gasteiger partial charge in [0.25, 0.3) is 0 Å². The van der Waals surface area contributed by atoms with Crippen LogP contribution in [-0.2, 0) is 21.4 Å². The van der Waals surface area contributed by atoms with Gasteiger partial charge in [0.2, 0.25) is 10.0 Å². The van der Waals surface area contributed by atoms with E-state index in [1.165, 1.54) is 6.26 Å². The molecule has 4 nitrogen and oxygen atoms in total. The smallest absolute Gasteiger partial charge is 0.211 e. The van der Waals surface area contributed by atoms with Crippen molar-refractivity contribution in [2.45, 2.75) is 25.5 Å². The van der Waals surface area contributed by atoms with E-state index in [1.807, 2.05) is 30.3 Å². The molecule has 1 saturated heterocycles. The molecule has 0 N–H and O–H groups in total. The van der Waals surface area contributed by atoms with E-state index >= 15 is 0 Å². The minimum atomic E-state index is -3.09. The molecular formula is C13H19NO3S. The molecule has 0 radical (unpaired) electrons. The van der Waals surface area contributed by atoms with Crippen LogP contribution in [0.25, 0.3) is 0 Å². The summed E-state index contributed by atoms with van der Waals surface area (Å²) in [5.74, 6) is 0. The van der Waals surface area contributed by atoms with Crippen molar-refractivity contribution >= 4 is 10.0 Å². The molecule has 18 heavy (non-hydrogen) atoms. The second-order valence-electron chi connectivity index (χ2n) is 4.67. The molecule has 0 saturated carbocycles. The first kappa shape index (κ1) is 13.5. The van der Waals surface area contributed by atoms with Crippen molar-refractivity contribution in [2.24, 2.45) is 0 Å². The molecule has 0 spiro atoms. The van der Waals surface area contributed by atoms with Crippen LogP contribution >= 0.6 is 0 Å². The van der Waals surface area contributed by atoms with E-state index < -0.39 is 10.0 Å². The third-order valence-corrected chi connectivity index (χ3v) is 4.50. The van der Waals surface area contributed by atoms with Gasteiger partial charge in [0, 0.05) is 12.6 Å². The van der Waals surface area contributed by atoms with E-state index in [0.29, 0.717) is 19.8 Å². The van der Waals surface area contributed by atoms with Crippen molar-refractivity contribution in [3.8, 4) is 0 Å². The summed E-state index contributed by atoms with van der Waals surface area (Å²) in [6.07, 6.45) is 3.08. The normalized spacial score (nSPS) is 21.3. The van der Waals surface area contributed by atoms with Crippen molar-refractivity contribution in [3.05, 3.63) is 35.9 Å². The molecule has 1 atom stereocenters. The van der Waals surface area contributed by atoms with E-state index in [2.05, 4.69) is 0 Å². The van der Waals surface area contributed by atoms with Gasteiger partial charge in [0.15, 0.2) is 0 Å². The molecule has 0 unspecified atom stereocenters. The summed E-state index contributed by atoms with van der Waals surface area (Å²) in [6.45, 7) is 1.63. The van der Waals surface area contributed by atoms with Crippen LogP contribution in [0.1, 0.15) is 18.4 Å². The quantitative estimate of drug-likeness (QED) is 0.816. The van der Waals surface area contributed by atoms with Crippen LogP contribution in [0.2, 0.25) is 0 Å². The highest BCUT2D eigenvalue weighted by molar-refractivity contribution is 7.88. The molecule has 0 aromatic heterocycles. The van der Waals surface area contributed by atoms with Crippen molar-refractivity contribution in [3.63, 3.8) is 0 Å². The van der Waals surface area contributed by atoms with E-state index in [4.69, 9.17) is 4.74 Å². The highest BCUT2D eigenvalue weighted by Gasteiger charge is 2.31. The minimum absolute atomic E-state index is 0.00344. The van der Waals surface area contributed by atoms with Gasteiger partial charge in [-0.05, 0) is 18.4 Å². The van der Waals surface area contributed by atoms with Gasteiger partial charge in [-0.3, -0.25) is 0 Å². The number of nitrogens with zero attached hydrogens (tertiary/aromatic N) is 1. The average molecular weight is 269 g/mol. The van der Waals surface area contributed by atoms with E-state index in [1.54, 1.807) is 4.31 Å². The summed E-state index contributed by atoms with van der Waals surface area (Å²) in [5, 5.41) is 0. The Morgan fingerprint density at radius 3 is 2.72 bits per heavy atom. The van der Waals surface area contributed by atoms with Crippen molar-refractivity contribution in [1.82, 2.24) is 4.31 Å². The molecule has 1 aromatic rings. The van der Waals surface area contributed by atoms with Crippen molar-refractivity contribution in [2.75, 3.05) is 19.4 Å². The number of hydrogen-bond donors (Lipinski definition) is 0. The molecule has 5 heteroatoms. The highest BCUT2D eigenvalue weighted by atomic mass is 32.2. The van der Waals surface area contributed by atoms with Crippen molar-refractivity contribution < 1.29 is 13.2 Å². The number of hydrogen-bond acceptors (Lipinski definition) is 3. The van der Waals surface area contributed by atoms with Crippen LogP contribution in [-0.4, -0.2) is 38.2 Å². The molecule has 1 aromatic carbocycles. The van der Waals surface area contributed by atoms with Crippen LogP contribution in [0, 0.1) is 0 Å². The fourth-order valence-corrected chi connectivity index (χ4v) is 3.47. The largest absolute Gasteiger partial charge is 0.375 e. The van der Waals surface area contributed by atoms with Gasteiger partial charge in [-0.1, -0.05) is 30.3 Å². The van der Waals surface area contributed by atoms with Gasteiger partial charge >= 0.3 is 0 Å². The third-order valence-electron chi connectivity index (χ3n) is 3.17. The molecule has 1 aliphatic rings. The fraction of sp³-hybridized carbons (Fsp3) is 0.538. The van der Waals surface area contributed by atoms with Gasteiger partial charge in [0.1, 0.15) is 0 Å². The monoisotopic (exact) mass is 269 g/mol. The Morgan fingerprint density at radius 1 is 1.33 bits per heavy atom. The number of benzene rings is 1. The number of ether oxygens (including phenoxy) is 1. The molecule has 0 amide bonds. The van der Waals surface area contributed by atoms with Gasteiger partial charge < -0.3 is 4.74 Å². The maximum Gasteiger partial charge on any atom is 0.211 e. The van der Waals surface area contributed by atoms with Gasteiger partial charge in [-0.2, -0.15) is 4.31 Å². The Balaban J connectivity index is 1.83. The molecule has 2 rings (SSSR count).